The van der Waals surface area contributed by atoms with Gasteiger partial charge >= 0.3 is 5.97 Å². The van der Waals surface area contributed by atoms with E-state index < -0.39 is 5.97 Å². The Morgan fingerprint density at radius 3 is 1.65 bits per heavy atom. The summed E-state index contributed by atoms with van der Waals surface area (Å²) in [6.07, 6.45) is 18.7. The van der Waals surface area contributed by atoms with Crippen molar-refractivity contribution >= 4 is 5.97 Å². The van der Waals surface area contributed by atoms with Gasteiger partial charge in [0.15, 0.2) is 0 Å². The predicted octanol–water partition coefficient (Wildman–Crippen LogP) is 6.00. The number of carboxylic acids is 1. The maximum atomic E-state index is 10.5. The quantitative estimate of drug-likeness (QED) is 0.374. The average molecular weight is 283 g/mol. The summed E-state index contributed by atoms with van der Waals surface area (Å²) in [4.78, 5) is 10.5. The highest BCUT2D eigenvalue weighted by Gasteiger charge is 2.07. The van der Waals surface area contributed by atoms with Gasteiger partial charge in [-0.1, -0.05) is 90.9 Å². The predicted molar refractivity (Wildman–Crippen MR) is 86.8 cm³/mol. The monoisotopic (exact) mass is 283 g/mol. The van der Waals surface area contributed by atoms with E-state index in [2.05, 4.69) is 6.92 Å². The van der Waals surface area contributed by atoms with Crippen molar-refractivity contribution in [2.24, 2.45) is 5.92 Å². The number of unbranched alkanes of at least 4 members (excludes halogenated alkanes) is 11. The van der Waals surface area contributed by atoms with Gasteiger partial charge in [0.05, 0.1) is 6.42 Å². The zero-order valence-corrected chi connectivity index (χ0v) is 13.7. The smallest absolute Gasteiger partial charge is 0.307 e. The van der Waals surface area contributed by atoms with E-state index in [0.29, 0.717) is 0 Å². The first kappa shape index (κ1) is 19.5. The van der Waals surface area contributed by atoms with Gasteiger partial charge < -0.3 is 5.11 Å². The highest BCUT2D eigenvalue weighted by molar-refractivity contribution is 5.76. The van der Waals surface area contributed by atoms with Crippen LogP contribution in [-0.2, 0) is 4.79 Å². The summed E-state index contributed by atoms with van der Waals surface area (Å²) in [5, 5.41) is 8.62. The molecule has 2 nitrogen and oxygen atoms in total. The van der Waals surface area contributed by atoms with Gasteiger partial charge in [-0.25, -0.2) is 0 Å². The minimum atomic E-state index is -0.781. The molecule has 0 aromatic heterocycles. The molecule has 0 bridgehead atoms. The Kier molecular flexibility index (Phi) is 14.5. The third kappa shape index (κ3) is 15.5. The van der Waals surface area contributed by atoms with Crippen molar-refractivity contribution in [2.75, 3.05) is 0 Å². The van der Waals surface area contributed by atoms with Crippen molar-refractivity contribution in [3.8, 4) is 0 Å². The van der Waals surface area contributed by atoms with E-state index in [9.17, 15) is 4.79 Å². The Hall–Kier alpha value is -0.530. The van der Waals surface area contributed by atoms with Crippen LogP contribution in [0.3, 0.4) is 0 Å². The maximum Gasteiger partial charge on any atom is 0.307 e. The molecule has 0 aliphatic rings. The fraction of sp³-hybridized carbons (Fsp3) is 0.889. The molecule has 1 unspecified atom stereocenters. The van der Waals surface area contributed by atoms with E-state index in [1.54, 1.807) is 0 Å². The minimum absolute atomic E-state index is 0.218. The number of rotatable bonds is 15. The van der Waals surface area contributed by atoms with Crippen molar-refractivity contribution in [1.82, 2.24) is 0 Å². The molecular formula is C18H35O2. The number of carbonyl (C=O) groups is 1. The standard InChI is InChI=1S/C18H35O2/c1-3-4-5-6-7-8-9-10-11-12-13-14-15-17(2)16-18(19)20/h16-17H,3-15H2,1-2H3,(H,19,20). The van der Waals surface area contributed by atoms with Gasteiger partial charge in [-0.05, 0) is 12.3 Å². The van der Waals surface area contributed by atoms with Gasteiger partial charge in [-0.15, -0.1) is 0 Å². The van der Waals surface area contributed by atoms with E-state index in [4.69, 9.17) is 5.11 Å². The molecule has 0 aliphatic heterocycles. The third-order valence-corrected chi connectivity index (χ3v) is 3.94. The molecule has 0 fully saturated rings. The van der Waals surface area contributed by atoms with Crippen LogP contribution in [0.2, 0.25) is 0 Å². The molecule has 0 aromatic rings. The van der Waals surface area contributed by atoms with Crippen LogP contribution in [0, 0.1) is 12.3 Å². The fourth-order valence-electron chi connectivity index (χ4n) is 2.63. The molecule has 1 N–H and O–H groups in total. The molecule has 1 radical (unpaired) electrons. The number of carboxylic acid groups (broad SMARTS) is 1. The average Bonchev–Trinajstić information content (AvgIpc) is 2.39. The highest BCUT2D eigenvalue weighted by Crippen LogP contribution is 2.15. The molecule has 0 heterocycles. The Morgan fingerprint density at radius 1 is 0.850 bits per heavy atom. The van der Waals surface area contributed by atoms with Crippen LogP contribution in [0.4, 0.5) is 0 Å². The first-order valence-electron chi connectivity index (χ1n) is 8.74. The van der Waals surface area contributed by atoms with Crippen LogP contribution in [-0.4, -0.2) is 11.1 Å². The van der Waals surface area contributed by atoms with Gasteiger partial charge in [0.25, 0.3) is 0 Å². The number of aliphatic carboxylic acids is 1. The lowest BCUT2D eigenvalue weighted by atomic mass is 9.99. The lowest BCUT2D eigenvalue weighted by Gasteiger charge is -2.07. The zero-order valence-electron chi connectivity index (χ0n) is 13.7. The summed E-state index contributed by atoms with van der Waals surface area (Å²) < 4.78 is 0. The summed E-state index contributed by atoms with van der Waals surface area (Å²) in [5.74, 6) is -0.563. The van der Waals surface area contributed by atoms with Crippen LogP contribution < -0.4 is 0 Å². The van der Waals surface area contributed by atoms with Crippen LogP contribution in [0.5, 0.6) is 0 Å². The fourth-order valence-corrected chi connectivity index (χ4v) is 2.63. The lowest BCUT2D eigenvalue weighted by molar-refractivity contribution is -0.133. The molecule has 0 saturated heterocycles. The molecule has 0 aliphatic carbocycles. The summed E-state index contributed by atoms with van der Waals surface area (Å²) in [5.41, 5.74) is 0. The molecule has 119 valence electrons. The second-order valence-electron chi connectivity index (χ2n) is 6.16. The molecule has 0 rings (SSSR count). The first-order chi connectivity index (χ1) is 9.66. The summed E-state index contributed by atoms with van der Waals surface area (Å²) in [7, 11) is 0. The second kappa shape index (κ2) is 14.9. The van der Waals surface area contributed by atoms with Crippen molar-refractivity contribution in [3.63, 3.8) is 0 Å². The molecule has 0 saturated carbocycles. The summed E-state index contributed by atoms with van der Waals surface area (Å²) in [6.45, 7) is 4.26. The van der Waals surface area contributed by atoms with Crippen LogP contribution in [0.1, 0.15) is 97.3 Å². The molecule has 0 aromatic carbocycles. The Balaban J connectivity index is 3.08. The summed E-state index contributed by atoms with van der Waals surface area (Å²) >= 11 is 0. The van der Waals surface area contributed by atoms with E-state index in [-0.39, 0.29) is 5.92 Å². The summed E-state index contributed by atoms with van der Waals surface area (Å²) in [6, 6.07) is 0. The number of hydrogen-bond donors (Lipinski definition) is 1. The maximum absolute atomic E-state index is 10.5. The van der Waals surface area contributed by atoms with Crippen molar-refractivity contribution in [2.45, 2.75) is 97.3 Å². The van der Waals surface area contributed by atoms with Gasteiger partial charge in [-0.3, -0.25) is 4.79 Å². The Morgan fingerprint density at radius 2 is 1.25 bits per heavy atom. The van der Waals surface area contributed by atoms with E-state index in [0.717, 1.165) is 6.42 Å². The molecule has 1 atom stereocenters. The SMILES string of the molecule is CCCCCCCCCCCCCCC(C)[CH]C(=O)O. The van der Waals surface area contributed by atoms with Gasteiger partial charge in [0, 0.05) is 0 Å². The van der Waals surface area contributed by atoms with Crippen LogP contribution in [0.25, 0.3) is 0 Å². The van der Waals surface area contributed by atoms with Crippen molar-refractivity contribution in [3.05, 3.63) is 6.42 Å². The van der Waals surface area contributed by atoms with Gasteiger partial charge in [0.1, 0.15) is 0 Å². The molecule has 0 amide bonds. The topological polar surface area (TPSA) is 37.3 Å². The van der Waals surface area contributed by atoms with E-state index in [1.807, 2.05) is 6.92 Å². The largest absolute Gasteiger partial charge is 0.481 e. The van der Waals surface area contributed by atoms with E-state index >= 15 is 0 Å². The van der Waals surface area contributed by atoms with Crippen molar-refractivity contribution < 1.29 is 9.90 Å². The van der Waals surface area contributed by atoms with Crippen LogP contribution in [0.15, 0.2) is 0 Å². The second-order valence-corrected chi connectivity index (χ2v) is 6.16. The highest BCUT2D eigenvalue weighted by atomic mass is 16.4. The van der Waals surface area contributed by atoms with E-state index in [1.165, 1.54) is 83.5 Å². The molecule has 20 heavy (non-hydrogen) atoms. The first-order valence-corrected chi connectivity index (χ1v) is 8.74. The van der Waals surface area contributed by atoms with Gasteiger partial charge in [-0.2, -0.15) is 0 Å². The Labute approximate surface area is 126 Å². The molecular weight excluding hydrogens is 248 g/mol. The van der Waals surface area contributed by atoms with Crippen molar-refractivity contribution in [1.29, 1.82) is 0 Å². The van der Waals surface area contributed by atoms with Gasteiger partial charge in [0.2, 0.25) is 0 Å². The Bertz CT molecular complexity index is 213. The number of hydrogen-bond acceptors (Lipinski definition) is 1. The third-order valence-electron chi connectivity index (χ3n) is 3.94. The van der Waals surface area contributed by atoms with Crippen LogP contribution >= 0.6 is 0 Å². The lowest BCUT2D eigenvalue weighted by Crippen LogP contribution is -2.05. The normalized spacial score (nSPS) is 12.5. The minimum Gasteiger partial charge on any atom is -0.481 e. The molecule has 0 spiro atoms. The zero-order chi connectivity index (χ0) is 15.1. The molecule has 2 heteroatoms.